The summed E-state index contributed by atoms with van der Waals surface area (Å²) in [5.74, 6) is 0.692. The first-order valence-corrected chi connectivity index (χ1v) is 5.79. The second-order valence-electron chi connectivity index (χ2n) is 3.99. The van der Waals surface area contributed by atoms with E-state index in [2.05, 4.69) is 18.0 Å². The van der Waals surface area contributed by atoms with Crippen LogP contribution in [0.15, 0.2) is 30.3 Å². The molecule has 17 heavy (non-hydrogen) atoms. The van der Waals surface area contributed by atoms with Gasteiger partial charge in [-0.3, -0.25) is 0 Å². The molecular formula is C14H17NO2. The molecule has 0 N–H and O–H groups in total. The molecule has 90 valence electrons. The molecule has 1 aromatic carbocycles. The minimum Gasteiger partial charge on any atom is -0.478 e. The smallest absolute Gasteiger partial charge is 0.214 e. The average Bonchev–Trinajstić information content (AvgIpc) is 2.35. The molecule has 0 spiro atoms. The Morgan fingerprint density at radius 1 is 1.18 bits per heavy atom. The van der Waals surface area contributed by atoms with Crippen LogP contribution in [-0.2, 0) is 4.74 Å². The Kier molecular flexibility index (Phi) is 3.94. The van der Waals surface area contributed by atoms with E-state index in [9.17, 15) is 0 Å². The van der Waals surface area contributed by atoms with Gasteiger partial charge in [-0.15, -0.1) is 0 Å². The molecule has 1 aromatic heterocycles. The molecule has 0 saturated heterocycles. The standard InChI is InChI=1S/C14H17NO2/c1-11-10-14(17-9-5-8-16-2)15-13-7-4-3-6-12(11)13/h3-4,6-7,10H,5,8-9H2,1-2H3. The fourth-order valence-corrected chi connectivity index (χ4v) is 1.77. The summed E-state index contributed by atoms with van der Waals surface area (Å²) in [4.78, 5) is 4.47. The summed E-state index contributed by atoms with van der Waals surface area (Å²) < 4.78 is 10.6. The Balaban J connectivity index is 2.13. The monoisotopic (exact) mass is 231 g/mol. The summed E-state index contributed by atoms with van der Waals surface area (Å²) in [7, 11) is 1.69. The third-order valence-electron chi connectivity index (χ3n) is 2.64. The van der Waals surface area contributed by atoms with E-state index < -0.39 is 0 Å². The number of rotatable bonds is 5. The van der Waals surface area contributed by atoms with Crippen LogP contribution < -0.4 is 4.74 Å². The van der Waals surface area contributed by atoms with Crippen LogP contribution in [0, 0.1) is 6.92 Å². The van der Waals surface area contributed by atoms with Gasteiger partial charge in [-0.2, -0.15) is 0 Å². The number of benzene rings is 1. The second kappa shape index (κ2) is 5.64. The van der Waals surface area contributed by atoms with Gasteiger partial charge in [-0.1, -0.05) is 18.2 Å². The van der Waals surface area contributed by atoms with Crippen LogP contribution in [0.5, 0.6) is 5.88 Å². The van der Waals surface area contributed by atoms with E-state index in [-0.39, 0.29) is 0 Å². The van der Waals surface area contributed by atoms with Crippen molar-refractivity contribution >= 4 is 10.9 Å². The van der Waals surface area contributed by atoms with Crippen molar-refractivity contribution in [3.63, 3.8) is 0 Å². The van der Waals surface area contributed by atoms with Crippen LogP contribution >= 0.6 is 0 Å². The predicted octanol–water partition coefficient (Wildman–Crippen LogP) is 2.96. The first kappa shape index (κ1) is 11.9. The topological polar surface area (TPSA) is 31.4 Å². The lowest BCUT2D eigenvalue weighted by Crippen LogP contribution is -2.03. The maximum atomic E-state index is 5.61. The van der Waals surface area contributed by atoms with Gasteiger partial charge in [-0.25, -0.2) is 4.98 Å². The lowest BCUT2D eigenvalue weighted by Gasteiger charge is -2.08. The van der Waals surface area contributed by atoms with Crippen LogP contribution in [0.25, 0.3) is 10.9 Å². The van der Waals surface area contributed by atoms with E-state index in [1.54, 1.807) is 7.11 Å². The van der Waals surface area contributed by atoms with Crippen LogP contribution in [0.2, 0.25) is 0 Å². The summed E-state index contributed by atoms with van der Waals surface area (Å²) in [6.07, 6.45) is 0.879. The van der Waals surface area contributed by atoms with E-state index in [1.165, 1.54) is 10.9 Å². The minimum absolute atomic E-state index is 0.638. The van der Waals surface area contributed by atoms with Crippen molar-refractivity contribution in [1.29, 1.82) is 0 Å². The van der Waals surface area contributed by atoms with Gasteiger partial charge in [0.25, 0.3) is 0 Å². The maximum absolute atomic E-state index is 5.61. The van der Waals surface area contributed by atoms with Gasteiger partial charge in [0.1, 0.15) is 0 Å². The number of ether oxygens (including phenoxy) is 2. The van der Waals surface area contributed by atoms with Crippen molar-refractivity contribution in [3.8, 4) is 5.88 Å². The lowest BCUT2D eigenvalue weighted by atomic mass is 10.1. The molecule has 2 aromatic rings. The van der Waals surface area contributed by atoms with Crippen LogP contribution in [0.4, 0.5) is 0 Å². The number of pyridine rings is 1. The normalized spacial score (nSPS) is 10.7. The molecule has 0 aliphatic heterocycles. The van der Waals surface area contributed by atoms with E-state index in [1.807, 2.05) is 24.3 Å². The van der Waals surface area contributed by atoms with Gasteiger partial charge in [-0.05, 0) is 18.6 Å². The Morgan fingerprint density at radius 2 is 2.00 bits per heavy atom. The molecule has 0 bridgehead atoms. The highest BCUT2D eigenvalue weighted by molar-refractivity contribution is 5.82. The average molecular weight is 231 g/mol. The first-order valence-electron chi connectivity index (χ1n) is 5.79. The zero-order valence-corrected chi connectivity index (χ0v) is 10.3. The summed E-state index contributed by atoms with van der Waals surface area (Å²) in [5.41, 5.74) is 2.17. The van der Waals surface area contributed by atoms with Gasteiger partial charge in [0, 0.05) is 31.6 Å². The number of para-hydroxylation sites is 1. The van der Waals surface area contributed by atoms with Gasteiger partial charge in [0.05, 0.1) is 12.1 Å². The lowest BCUT2D eigenvalue weighted by molar-refractivity contribution is 0.170. The SMILES string of the molecule is COCCCOc1cc(C)c2ccccc2n1. The Hall–Kier alpha value is -1.61. The molecule has 0 unspecified atom stereocenters. The fourth-order valence-electron chi connectivity index (χ4n) is 1.77. The molecular weight excluding hydrogens is 214 g/mol. The number of hydrogen-bond acceptors (Lipinski definition) is 3. The van der Waals surface area contributed by atoms with Crippen molar-refractivity contribution in [2.45, 2.75) is 13.3 Å². The molecule has 0 atom stereocenters. The molecule has 0 amide bonds. The second-order valence-corrected chi connectivity index (χ2v) is 3.99. The number of fused-ring (bicyclic) bond motifs is 1. The number of aromatic nitrogens is 1. The molecule has 0 aliphatic rings. The van der Waals surface area contributed by atoms with Crippen LogP contribution in [0.1, 0.15) is 12.0 Å². The summed E-state index contributed by atoms with van der Waals surface area (Å²) in [5, 5.41) is 1.18. The molecule has 0 saturated carbocycles. The van der Waals surface area contributed by atoms with E-state index in [4.69, 9.17) is 9.47 Å². The maximum Gasteiger partial charge on any atom is 0.214 e. The van der Waals surface area contributed by atoms with E-state index >= 15 is 0 Å². The quantitative estimate of drug-likeness (QED) is 0.741. The largest absolute Gasteiger partial charge is 0.478 e. The molecule has 0 fully saturated rings. The van der Waals surface area contributed by atoms with Crippen LogP contribution in [0.3, 0.4) is 0 Å². The third kappa shape index (κ3) is 2.94. The molecule has 3 heteroatoms. The molecule has 0 radical (unpaired) electrons. The number of aryl methyl sites for hydroxylation is 1. The summed E-state index contributed by atoms with van der Waals surface area (Å²) in [6.45, 7) is 3.43. The number of hydrogen-bond donors (Lipinski definition) is 0. The number of methoxy groups -OCH3 is 1. The van der Waals surface area contributed by atoms with Crippen molar-refractivity contribution in [2.75, 3.05) is 20.3 Å². The fraction of sp³-hybridized carbons (Fsp3) is 0.357. The Morgan fingerprint density at radius 3 is 2.82 bits per heavy atom. The number of nitrogens with zero attached hydrogens (tertiary/aromatic N) is 1. The highest BCUT2D eigenvalue weighted by Crippen LogP contribution is 2.20. The molecule has 0 aliphatic carbocycles. The summed E-state index contributed by atoms with van der Waals surface area (Å²) in [6, 6.07) is 10.1. The van der Waals surface area contributed by atoms with Crippen molar-refractivity contribution in [1.82, 2.24) is 4.98 Å². The highest BCUT2D eigenvalue weighted by atomic mass is 16.5. The Labute approximate surface area is 101 Å². The van der Waals surface area contributed by atoms with Gasteiger partial charge in [0.2, 0.25) is 5.88 Å². The first-order chi connectivity index (χ1) is 8.31. The molecule has 1 heterocycles. The zero-order valence-electron chi connectivity index (χ0n) is 10.3. The minimum atomic E-state index is 0.638. The van der Waals surface area contributed by atoms with E-state index in [0.717, 1.165) is 11.9 Å². The molecule has 3 nitrogen and oxygen atoms in total. The summed E-state index contributed by atoms with van der Waals surface area (Å²) >= 11 is 0. The zero-order chi connectivity index (χ0) is 12.1. The van der Waals surface area contributed by atoms with Crippen molar-refractivity contribution < 1.29 is 9.47 Å². The predicted molar refractivity (Wildman–Crippen MR) is 68.5 cm³/mol. The molecule has 2 rings (SSSR count). The third-order valence-corrected chi connectivity index (χ3v) is 2.64. The Bertz CT molecular complexity index is 497. The van der Waals surface area contributed by atoms with Gasteiger partial charge < -0.3 is 9.47 Å². The van der Waals surface area contributed by atoms with Crippen LogP contribution in [-0.4, -0.2) is 25.3 Å². The van der Waals surface area contributed by atoms with Gasteiger partial charge >= 0.3 is 0 Å². The highest BCUT2D eigenvalue weighted by Gasteiger charge is 2.02. The van der Waals surface area contributed by atoms with E-state index in [0.29, 0.717) is 19.1 Å². The van der Waals surface area contributed by atoms with Gasteiger partial charge in [0.15, 0.2) is 0 Å². The van der Waals surface area contributed by atoms with Crippen molar-refractivity contribution in [3.05, 3.63) is 35.9 Å². The van der Waals surface area contributed by atoms with Crippen molar-refractivity contribution in [2.24, 2.45) is 0 Å².